The molecule has 1 saturated heterocycles. The van der Waals surface area contributed by atoms with Crippen molar-refractivity contribution in [2.45, 2.75) is 39.3 Å². The summed E-state index contributed by atoms with van der Waals surface area (Å²) in [5.41, 5.74) is 6.11. The van der Waals surface area contributed by atoms with Crippen molar-refractivity contribution >= 4 is 11.3 Å². The lowest BCUT2D eigenvalue weighted by Crippen LogP contribution is -2.46. The van der Waals surface area contributed by atoms with Crippen LogP contribution in [0.1, 0.15) is 29.7 Å². The number of nitrogens with zero attached hydrogens (tertiary/aromatic N) is 2. The molecular formula is C12H21N3S. The van der Waals surface area contributed by atoms with Crippen LogP contribution in [0.3, 0.4) is 0 Å². The molecule has 0 bridgehead atoms. The molecule has 90 valence electrons. The van der Waals surface area contributed by atoms with E-state index in [0.717, 1.165) is 31.1 Å². The molecule has 0 amide bonds. The highest BCUT2D eigenvalue weighted by atomic mass is 32.1. The first kappa shape index (κ1) is 12.0. The third-order valence-corrected chi connectivity index (χ3v) is 4.35. The van der Waals surface area contributed by atoms with Crippen LogP contribution in [0.15, 0.2) is 6.20 Å². The molecule has 0 aliphatic carbocycles. The first-order valence-electron chi connectivity index (χ1n) is 6.08. The van der Waals surface area contributed by atoms with Gasteiger partial charge in [-0.2, -0.15) is 0 Å². The van der Waals surface area contributed by atoms with Crippen LogP contribution in [0.2, 0.25) is 0 Å². The molecule has 1 aromatic rings. The maximum atomic E-state index is 6.11. The molecule has 4 heteroatoms. The van der Waals surface area contributed by atoms with Gasteiger partial charge >= 0.3 is 0 Å². The lowest BCUT2D eigenvalue weighted by atomic mass is 9.91. The van der Waals surface area contributed by atoms with E-state index in [2.05, 4.69) is 23.7 Å². The van der Waals surface area contributed by atoms with Gasteiger partial charge in [-0.05, 0) is 19.3 Å². The van der Waals surface area contributed by atoms with Crippen LogP contribution in [-0.2, 0) is 6.54 Å². The van der Waals surface area contributed by atoms with Gasteiger partial charge in [-0.1, -0.05) is 13.3 Å². The zero-order chi connectivity index (χ0) is 11.5. The third-order valence-electron chi connectivity index (χ3n) is 3.45. The van der Waals surface area contributed by atoms with Gasteiger partial charge in [-0.3, -0.25) is 4.90 Å². The number of piperidine rings is 1. The average molecular weight is 239 g/mol. The van der Waals surface area contributed by atoms with Crippen molar-refractivity contribution in [1.82, 2.24) is 9.88 Å². The number of hydrogen-bond donors (Lipinski definition) is 1. The second kappa shape index (κ2) is 5.25. The zero-order valence-electron chi connectivity index (χ0n) is 10.1. The van der Waals surface area contributed by atoms with Gasteiger partial charge in [0, 0.05) is 36.8 Å². The molecule has 2 N–H and O–H groups in total. The minimum absolute atomic E-state index is 0.407. The highest BCUT2D eigenvalue weighted by Crippen LogP contribution is 2.22. The smallest absolute Gasteiger partial charge is 0.0897 e. The first-order valence-corrected chi connectivity index (χ1v) is 6.90. The van der Waals surface area contributed by atoms with E-state index >= 15 is 0 Å². The van der Waals surface area contributed by atoms with E-state index in [9.17, 15) is 0 Å². The summed E-state index contributed by atoms with van der Waals surface area (Å²) < 4.78 is 0. The summed E-state index contributed by atoms with van der Waals surface area (Å²) in [4.78, 5) is 8.20. The molecule has 1 aromatic heterocycles. The number of hydrogen-bond acceptors (Lipinski definition) is 4. The van der Waals surface area contributed by atoms with Crippen molar-refractivity contribution in [2.75, 3.05) is 13.1 Å². The molecular weight excluding hydrogens is 218 g/mol. The Morgan fingerprint density at radius 1 is 1.62 bits per heavy atom. The molecule has 2 unspecified atom stereocenters. The fourth-order valence-electron chi connectivity index (χ4n) is 2.40. The molecule has 0 aromatic carbocycles. The van der Waals surface area contributed by atoms with Crippen LogP contribution >= 0.6 is 11.3 Å². The third kappa shape index (κ3) is 2.81. The maximum Gasteiger partial charge on any atom is 0.0897 e. The van der Waals surface area contributed by atoms with E-state index in [-0.39, 0.29) is 0 Å². The Hall–Kier alpha value is -0.450. The van der Waals surface area contributed by atoms with Crippen LogP contribution in [-0.4, -0.2) is 29.0 Å². The summed E-state index contributed by atoms with van der Waals surface area (Å²) in [6, 6.07) is 0.407. The number of aryl methyl sites for hydroxylation is 1. The van der Waals surface area contributed by atoms with Gasteiger partial charge in [0.05, 0.1) is 5.01 Å². The highest BCUT2D eigenvalue weighted by molar-refractivity contribution is 7.11. The Kier molecular flexibility index (Phi) is 3.95. The fourth-order valence-corrected chi connectivity index (χ4v) is 3.24. The van der Waals surface area contributed by atoms with E-state index in [1.165, 1.54) is 11.3 Å². The fraction of sp³-hybridized carbons (Fsp3) is 0.750. The molecule has 1 aliphatic rings. The van der Waals surface area contributed by atoms with Crippen molar-refractivity contribution in [1.29, 1.82) is 0 Å². The number of thiazole rings is 1. The van der Waals surface area contributed by atoms with E-state index in [0.29, 0.717) is 12.0 Å². The summed E-state index contributed by atoms with van der Waals surface area (Å²) in [6.07, 6.45) is 4.34. The van der Waals surface area contributed by atoms with E-state index in [1.54, 1.807) is 11.3 Å². The highest BCUT2D eigenvalue weighted by Gasteiger charge is 2.25. The molecule has 2 atom stereocenters. The molecule has 3 nitrogen and oxygen atoms in total. The lowest BCUT2D eigenvalue weighted by molar-refractivity contribution is 0.146. The molecule has 0 spiro atoms. The van der Waals surface area contributed by atoms with Crippen molar-refractivity contribution in [2.24, 2.45) is 11.7 Å². The first-order chi connectivity index (χ1) is 7.69. The molecule has 0 saturated carbocycles. The Morgan fingerprint density at radius 3 is 3.06 bits per heavy atom. The Morgan fingerprint density at radius 2 is 2.44 bits per heavy atom. The summed E-state index contributed by atoms with van der Waals surface area (Å²) >= 11 is 1.81. The van der Waals surface area contributed by atoms with Crippen molar-refractivity contribution in [3.8, 4) is 0 Å². The predicted molar refractivity (Wildman–Crippen MR) is 68.5 cm³/mol. The van der Waals surface area contributed by atoms with Crippen molar-refractivity contribution in [3.05, 3.63) is 16.1 Å². The molecule has 1 aliphatic heterocycles. The van der Waals surface area contributed by atoms with E-state index in [4.69, 9.17) is 5.73 Å². The minimum Gasteiger partial charge on any atom is -0.327 e. The molecule has 0 radical (unpaired) electrons. The van der Waals surface area contributed by atoms with Crippen molar-refractivity contribution in [3.63, 3.8) is 0 Å². The van der Waals surface area contributed by atoms with Crippen molar-refractivity contribution < 1.29 is 0 Å². The topological polar surface area (TPSA) is 42.2 Å². The largest absolute Gasteiger partial charge is 0.327 e. The summed E-state index contributed by atoms with van der Waals surface area (Å²) in [6.45, 7) is 7.64. The SMILES string of the molecule is CCC1CN(Cc2cnc(C)s2)CCC1N. The molecule has 2 heterocycles. The van der Waals surface area contributed by atoms with Gasteiger partial charge in [0.15, 0.2) is 0 Å². The van der Waals surface area contributed by atoms with E-state index in [1.807, 2.05) is 6.20 Å². The van der Waals surface area contributed by atoms with Gasteiger partial charge in [0.1, 0.15) is 0 Å². The number of likely N-dealkylation sites (tertiary alicyclic amines) is 1. The van der Waals surface area contributed by atoms with Gasteiger partial charge < -0.3 is 5.73 Å². The standard InChI is InChI=1S/C12H21N3S/c1-3-10-7-15(5-4-12(10)13)8-11-6-14-9(2)16-11/h6,10,12H,3-5,7-8,13H2,1-2H3. The second-order valence-electron chi connectivity index (χ2n) is 4.70. The van der Waals surface area contributed by atoms with Gasteiger partial charge in [0.2, 0.25) is 0 Å². The summed E-state index contributed by atoms with van der Waals surface area (Å²) in [5, 5.41) is 1.16. The Labute approximate surface area is 102 Å². The van der Waals surface area contributed by atoms with Gasteiger partial charge in [-0.25, -0.2) is 4.98 Å². The zero-order valence-corrected chi connectivity index (χ0v) is 11.0. The monoisotopic (exact) mass is 239 g/mol. The molecule has 16 heavy (non-hydrogen) atoms. The number of nitrogens with two attached hydrogens (primary N) is 1. The average Bonchev–Trinajstić information content (AvgIpc) is 2.67. The minimum atomic E-state index is 0.407. The summed E-state index contributed by atoms with van der Waals surface area (Å²) in [7, 11) is 0. The van der Waals surface area contributed by atoms with Crippen LogP contribution in [0.5, 0.6) is 0 Å². The molecule has 1 fully saturated rings. The van der Waals surface area contributed by atoms with Crippen LogP contribution in [0.25, 0.3) is 0 Å². The second-order valence-corrected chi connectivity index (χ2v) is 6.02. The Bertz CT molecular complexity index is 337. The van der Waals surface area contributed by atoms with E-state index < -0.39 is 0 Å². The van der Waals surface area contributed by atoms with Gasteiger partial charge in [-0.15, -0.1) is 11.3 Å². The summed E-state index contributed by atoms with van der Waals surface area (Å²) in [5.74, 6) is 0.669. The van der Waals surface area contributed by atoms with Crippen LogP contribution in [0, 0.1) is 12.8 Å². The Balaban J connectivity index is 1.91. The number of rotatable bonds is 3. The normalized spacial score (nSPS) is 27.2. The number of aromatic nitrogens is 1. The van der Waals surface area contributed by atoms with Crippen LogP contribution < -0.4 is 5.73 Å². The van der Waals surface area contributed by atoms with Gasteiger partial charge in [0.25, 0.3) is 0 Å². The predicted octanol–water partition coefficient (Wildman–Crippen LogP) is 2.01. The maximum absolute atomic E-state index is 6.11. The molecule has 2 rings (SSSR count). The quantitative estimate of drug-likeness (QED) is 0.877. The lowest BCUT2D eigenvalue weighted by Gasteiger charge is -2.36. The van der Waals surface area contributed by atoms with Crippen LogP contribution in [0.4, 0.5) is 0 Å².